The Hall–Kier alpha value is -1.32. The van der Waals surface area contributed by atoms with Gasteiger partial charge in [0.05, 0.1) is 11.4 Å². The van der Waals surface area contributed by atoms with Crippen molar-refractivity contribution in [3.8, 4) is 0 Å². The molecule has 0 aliphatic carbocycles. The summed E-state index contributed by atoms with van der Waals surface area (Å²) in [6, 6.07) is 2.53. The number of halogens is 2. The van der Waals surface area contributed by atoms with Crippen molar-refractivity contribution in [3.05, 3.63) is 23.8 Å². The second-order valence-corrected chi connectivity index (χ2v) is 4.94. The summed E-state index contributed by atoms with van der Waals surface area (Å²) in [6.45, 7) is 8.58. The molecular weight excluding hydrogens is 222 g/mol. The van der Waals surface area contributed by atoms with Gasteiger partial charge in [-0.2, -0.15) is 0 Å². The SMILES string of the molecule is CC(C)CN(c1c(N)ccc(F)c1F)C(C)C. The van der Waals surface area contributed by atoms with Crippen LogP contribution < -0.4 is 10.6 Å². The van der Waals surface area contributed by atoms with Crippen LogP contribution in [0.2, 0.25) is 0 Å². The zero-order valence-corrected chi connectivity index (χ0v) is 10.8. The van der Waals surface area contributed by atoms with Gasteiger partial charge in [0, 0.05) is 12.6 Å². The lowest BCUT2D eigenvalue weighted by molar-refractivity contribution is 0.495. The van der Waals surface area contributed by atoms with Gasteiger partial charge in [-0.25, -0.2) is 8.78 Å². The van der Waals surface area contributed by atoms with Crippen molar-refractivity contribution in [2.75, 3.05) is 17.2 Å². The Morgan fingerprint density at radius 2 is 1.76 bits per heavy atom. The van der Waals surface area contributed by atoms with Crippen molar-refractivity contribution < 1.29 is 8.78 Å². The van der Waals surface area contributed by atoms with Crippen molar-refractivity contribution in [1.82, 2.24) is 0 Å². The molecule has 2 N–H and O–H groups in total. The lowest BCUT2D eigenvalue weighted by atomic mass is 10.1. The van der Waals surface area contributed by atoms with Gasteiger partial charge in [-0.15, -0.1) is 0 Å². The highest BCUT2D eigenvalue weighted by molar-refractivity contribution is 5.68. The standard InChI is InChI=1S/C13H20F2N2/c1-8(2)7-17(9(3)4)13-11(16)6-5-10(14)12(13)15/h5-6,8-9H,7,16H2,1-4H3. The molecule has 96 valence electrons. The normalized spacial score (nSPS) is 11.3. The van der Waals surface area contributed by atoms with Gasteiger partial charge in [0.2, 0.25) is 0 Å². The van der Waals surface area contributed by atoms with E-state index >= 15 is 0 Å². The second kappa shape index (κ2) is 5.34. The number of nitrogen functional groups attached to an aromatic ring is 1. The number of nitrogens with zero attached hydrogens (tertiary/aromatic N) is 1. The average Bonchev–Trinajstić information content (AvgIpc) is 2.22. The molecule has 0 atom stereocenters. The number of benzene rings is 1. The number of hydrogen-bond acceptors (Lipinski definition) is 2. The van der Waals surface area contributed by atoms with E-state index in [-0.39, 0.29) is 17.4 Å². The summed E-state index contributed by atoms with van der Waals surface area (Å²) in [4.78, 5) is 1.80. The number of nitrogens with two attached hydrogens (primary N) is 1. The first-order valence-corrected chi connectivity index (χ1v) is 5.84. The van der Waals surface area contributed by atoms with Crippen molar-refractivity contribution >= 4 is 11.4 Å². The number of anilines is 2. The first kappa shape index (κ1) is 13.7. The van der Waals surface area contributed by atoms with Crippen LogP contribution in [0.4, 0.5) is 20.2 Å². The molecule has 0 aliphatic rings. The molecule has 0 saturated heterocycles. The van der Waals surface area contributed by atoms with E-state index in [0.29, 0.717) is 12.5 Å². The molecular formula is C13H20F2N2. The highest BCUT2D eigenvalue weighted by Gasteiger charge is 2.21. The molecule has 0 aromatic heterocycles. The maximum absolute atomic E-state index is 13.8. The number of hydrogen-bond donors (Lipinski definition) is 1. The Bertz CT molecular complexity index is 389. The quantitative estimate of drug-likeness (QED) is 0.820. The monoisotopic (exact) mass is 242 g/mol. The van der Waals surface area contributed by atoms with Crippen LogP contribution in [0.5, 0.6) is 0 Å². The Morgan fingerprint density at radius 3 is 2.24 bits per heavy atom. The third-order valence-electron chi connectivity index (χ3n) is 2.57. The molecule has 1 rings (SSSR count). The maximum Gasteiger partial charge on any atom is 0.184 e. The van der Waals surface area contributed by atoms with E-state index in [4.69, 9.17) is 5.73 Å². The maximum atomic E-state index is 13.8. The van der Waals surface area contributed by atoms with Crippen LogP contribution in [-0.4, -0.2) is 12.6 Å². The van der Waals surface area contributed by atoms with Gasteiger partial charge >= 0.3 is 0 Å². The third kappa shape index (κ3) is 3.08. The molecule has 17 heavy (non-hydrogen) atoms. The first-order valence-electron chi connectivity index (χ1n) is 5.84. The minimum absolute atomic E-state index is 0.0657. The van der Waals surface area contributed by atoms with E-state index in [9.17, 15) is 8.78 Å². The summed E-state index contributed by atoms with van der Waals surface area (Å²) in [6.07, 6.45) is 0. The fourth-order valence-electron chi connectivity index (χ4n) is 1.80. The van der Waals surface area contributed by atoms with Crippen molar-refractivity contribution in [2.24, 2.45) is 5.92 Å². The largest absolute Gasteiger partial charge is 0.397 e. The van der Waals surface area contributed by atoms with E-state index in [1.807, 2.05) is 27.7 Å². The van der Waals surface area contributed by atoms with Crippen LogP contribution >= 0.6 is 0 Å². The fraction of sp³-hybridized carbons (Fsp3) is 0.538. The zero-order chi connectivity index (χ0) is 13.2. The highest BCUT2D eigenvalue weighted by atomic mass is 19.2. The van der Waals surface area contributed by atoms with Crippen LogP contribution in [-0.2, 0) is 0 Å². The predicted octanol–water partition coefficient (Wildman–Crippen LogP) is 3.42. The summed E-state index contributed by atoms with van der Waals surface area (Å²) in [5.41, 5.74) is 6.21. The topological polar surface area (TPSA) is 29.3 Å². The summed E-state index contributed by atoms with van der Waals surface area (Å²) in [5, 5.41) is 0. The molecule has 0 unspecified atom stereocenters. The predicted molar refractivity (Wildman–Crippen MR) is 68.1 cm³/mol. The van der Waals surface area contributed by atoms with Gasteiger partial charge in [-0.3, -0.25) is 0 Å². The lowest BCUT2D eigenvalue weighted by Crippen LogP contribution is -2.35. The first-order chi connectivity index (χ1) is 7.84. The van der Waals surface area contributed by atoms with E-state index in [2.05, 4.69) is 0 Å². The van der Waals surface area contributed by atoms with E-state index < -0.39 is 11.6 Å². The summed E-state index contributed by atoms with van der Waals surface area (Å²) < 4.78 is 27.1. The average molecular weight is 242 g/mol. The Morgan fingerprint density at radius 1 is 1.18 bits per heavy atom. The van der Waals surface area contributed by atoms with Crippen LogP contribution in [0, 0.1) is 17.6 Å². The molecule has 0 radical (unpaired) electrons. The van der Waals surface area contributed by atoms with E-state index in [1.165, 1.54) is 6.07 Å². The van der Waals surface area contributed by atoms with Crippen LogP contribution in [0.15, 0.2) is 12.1 Å². The second-order valence-electron chi connectivity index (χ2n) is 4.94. The van der Waals surface area contributed by atoms with Gasteiger partial charge in [-0.05, 0) is 31.9 Å². The van der Waals surface area contributed by atoms with Gasteiger partial charge in [0.25, 0.3) is 0 Å². The van der Waals surface area contributed by atoms with Crippen molar-refractivity contribution in [1.29, 1.82) is 0 Å². The Labute approximate surface area is 101 Å². The molecule has 2 nitrogen and oxygen atoms in total. The molecule has 0 amide bonds. The summed E-state index contributed by atoms with van der Waals surface area (Å²) >= 11 is 0. The van der Waals surface area contributed by atoms with Gasteiger partial charge < -0.3 is 10.6 Å². The van der Waals surface area contributed by atoms with Crippen molar-refractivity contribution in [2.45, 2.75) is 33.7 Å². The van der Waals surface area contributed by atoms with E-state index in [0.717, 1.165) is 6.07 Å². The third-order valence-corrected chi connectivity index (χ3v) is 2.57. The molecule has 0 bridgehead atoms. The zero-order valence-electron chi connectivity index (χ0n) is 10.8. The molecule has 1 aromatic carbocycles. The Balaban J connectivity index is 3.22. The number of rotatable bonds is 4. The Kier molecular flexibility index (Phi) is 4.32. The molecule has 1 aromatic rings. The highest BCUT2D eigenvalue weighted by Crippen LogP contribution is 2.30. The molecule has 0 aliphatic heterocycles. The lowest BCUT2D eigenvalue weighted by Gasteiger charge is -2.32. The van der Waals surface area contributed by atoms with Gasteiger partial charge in [0.1, 0.15) is 0 Å². The summed E-state index contributed by atoms with van der Waals surface area (Å²) in [7, 11) is 0. The van der Waals surface area contributed by atoms with Crippen LogP contribution in [0.3, 0.4) is 0 Å². The van der Waals surface area contributed by atoms with E-state index in [1.54, 1.807) is 4.90 Å². The van der Waals surface area contributed by atoms with Crippen LogP contribution in [0.1, 0.15) is 27.7 Å². The van der Waals surface area contributed by atoms with Gasteiger partial charge in [-0.1, -0.05) is 13.8 Å². The van der Waals surface area contributed by atoms with Gasteiger partial charge in [0.15, 0.2) is 11.6 Å². The van der Waals surface area contributed by atoms with Crippen LogP contribution in [0.25, 0.3) is 0 Å². The molecule has 0 saturated carbocycles. The molecule has 0 spiro atoms. The molecule has 0 heterocycles. The minimum atomic E-state index is -0.862. The molecule has 0 fully saturated rings. The smallest absolute Gasteiger partial charge is 0.184 e. The minimum Gasteiger partial charge on any atom is -0.397 e. The molecule has 4 heteroatoms. The summed E-state index contributed by atoms with van der Waals surface area (Å²) in [5.74, 6) is -1.37. The fourth-order valence-corrected chi connectivity index (χ4v) is 1.80. The van der Waals surface area contributed by atoms with Crippen molar-refractivity contribution in [3.63, 3.8) is 0 Å².